The van der Waals surface area contributed by atoms with Gasteiger partial charge in [0.25, 0.3) is 5.91 Å². The number of nitrogens with zero attached hydrogens (tertiary/aromatic N) is 1. The van der Waals surface area contributed by atoms with Crippen molar-refractivity contribution in [3.63, 3.8) is 0 Å². The number of carbonyl (C=O) groups is 1. The number of halogens is 1. The number of amides is 1. The van der Waals surface area contributed by atoms with Crippen molar-refractivity contribution in [2.75, 3.05) is 18.4 Å². The molecule has 0 aromatic heterocycles. The SMILES string of the molecule is C[C@H]1[C@@H](O)[C@@H](O)[C@H](O)CN1CCCc1ccc2c(c1)CO/C2=C1/C(=O)Nc2ccc(F)cc21. The van der Waals surface area contributed by atoms with E-state index in [-0.39, 0.29) is 11.9 Å². The zero-order chi connectivity index (χ0) is 23.3. The van der Waals surface area contributed by atoms with Crippen LogP contribution in [-0.2, 0) is 22.6 Å². The van der Waals surface area contributed by atoms with Gasteiger partial charge in [-0.2, -0.15) is 0 Å². The standard InChI is InChI=1S/C25H27FN2O5/c1-13-22(30)23(31)20(29)11-28(13)8-2-3-14-4-6-17-15(9-14)12-33-24(17)21-18-10-16(26)5-7-19(18)27-25(21)32/h4-7,9-10,13,20,22-23,29-31H,2-3,8,11-12H2,1H3,(H,27,32)/b24-21+/t13-,20+,22+,23-/m0/s1. The van der Waals surface area contributed by atoms with Crippen molar-refractivity contribution in [3.05, 3.63) is 64.5 Å². The van der Waals surface area contributed by atoms with Crippen molar-refractivity contribution in [1.82, 2.24) is 4.90 Å². The summed E-state index contributed by atoms with van der Waals surface area (Å²) in [6.45, 7) is 3.22. The van der Waals surface area contributed by atoms with Crippen LogP contribution in [0.1, 0.15) is 35.6 Å². The van der Waals surface area contributed by atoms with Gasteiger partial charge in [-0.15, -0.1) is 0 Å². The Kier molecular flexibility index (Phi) is 5.70. The molecule has 0 spiro atoms. The first-order valence-corrected chi connectivity index (χ1v) is 11.2. The summed E-state index contributed by atoms with van der Waals surface area (Å²) in [5.74, 6) is -0.232. The Bertz CT molecular complexity index is 1130. The van der Waals surface area contributed by atoms with Crippen LogP contribution in [0, 0.1) is 5.82 Å². The van der Waals surface area contributed by atoms with Gasteiger partial charge >= 0.3 is 0 Å². The molecule has 4 atom stereocenters. The minimum atomic E-state index is -1.11. The van der Waals surface area contributed by atoms with E-state index in [1.54, 1.807) is 6.07 Å². The highest BCUT2D eigenvalue weighted by Gasteiger charge is 2.38. The minimum absolute atomic E-state index is 0.226. The maximum Gasteiger partial charge on any atom is 0.260 e. The van der Waals surface area contributed by atoms with Crippen LogP contribution in [0.5, 0.6) is 0 Å². The second-order valence-corrected chi connectivity index (χ2v) is 9.02. The zero-order valence-electron chi connectivity index (χ0n) is 18.3. The summed E-state index contributed by atoms with van der Waals surface area (Å²) in [6, 6.07) is 10.00. The number of aryl methyl sites for hydroxylation is 1. The number of rotatable bonds is 4. The van der Waals surface area contributed by atoms with Crippen LogP contribution < -0.4 is 5.32 Å². The number of hydrogen-bond acceptors (Lipinski definition) is 6. The Morgan fingerprint density at radius 3 is 2.76 bits per heavy atom. The van der Waals surface area contributed by atoms with E-state index in [1.807, 2.05) is 24.0 Å². The van der Waals surface area contributed by atoms with E-state index in [4.69, 9.17) is 4.74 Å². The molecule has 7 nitrogen and oxygen atoms in total. The Morgan fingerprint density at radius 1 is 1.12 bits per heavy atom. The number of β-amino-alcohol motifs (C(OH)–C–C–N with tert-alkyl or cyclic N) is 1. The summed E-state index contributed by atoms with van der Waals surface area (Å²) in [7, 11) is 0. The lowest BCUT2D eigenvalue weighted by Gasteiger charge is -2.42. The van der Waals surface area contributed by atoms with Gasteiger partial charge in [-0.3, -0.25) is 9.69 Å². The summed E-state index contributed by atoms with van der Waals surface area (Å²) in [4.78, 5) is 14.6. The van der Waals surface area contributed by atoms with Gasteiger partial charge in [0, 0.05) is 35.0 Å². The summed E-state index contributed by atoms with van der Waals surface area (Å²) >= 11 is 0. The first-order chi connectivity index (χ1) is 15.8. The molecule has 0 unspecified atom stereocenters. The zero-order valence-corrected chi connectivity index (χ0v) is 18.3. The van der Waals surface area contributed by atoms with Gasteiger partial charge in [0.05, 0.1) is 17.8 Å². The number of aliphatic hydroxyl groups is 3. The van der Waals surface area contributed by atoms with Gasteiger partial charge in [0.15, 0.2) is 0 Å². The Morgan fingerprint density at radius 2 is 1.94 bits per heavy atom. The molecule has 174 valence electrons. The second kappa shape index (κ2) is 8.53. The molecule has 0 radical (unpaired) electrons. The highest BCUT2D eigenvalue weighted by Crippen LogP contribution is 2.42. The van der Waals surface area contributed by atoms with Crippen molar-refractivity contribution in [1.29, 1.82) is 0 Å². The fourth-order valence-electron chi connectivity index (χ4n) is 4.97. The van der Waals surface area contributed by atoms with Gasteiger partial charge in [-0.1, -0.05) is 18.2 Å². The average molecular weight is 454 g/mol. The van der Waals surface area contributed by atoms with Gasteiger partial charge in [-0.05, 0) is 50.1 Å². The van der Waals surface area contributed by atoms with Gasteiger partial charge in [-0.25, -0.2) is 4.39 Å². The first-order valence-electron chi connectivity index (χ1n) is 11.2. The van der Waals surface area contributed by atoms with Crippen molar-refractivity contribution < 1.29 is 29.2 Å². The quantitative estimate of drug-likeness (QED) is 0.527. The topological polar surface area (TPSA) is 102 Å². The number of ether oxygens (including phenoxy) is 1. The maximum atomic E-state index is 13.8. The monoisotopic (exact) mass is 454 g/mol. The van der Waals surface area contributed by atoms with Crippen molar-refractivity contribution >= 4 is 22.9 Å². The summed E-state index contributed by atoms with van der Waals surface area (Å²) in [5.41, 5.74) is 4.38. The molecule has 2 aromatic rings. The van der Waals surface area contributed by atoms with E-state index < -0.39 is 24.1 Å². The largest absolute Gasteiger partial charge is 0.487 e. The normalized spacial score (nSPS) is 28.9. The minimum Gasteiger partial charge on any atom is -0.487 e. The number of hydrogen-bond donors (Lipinski definition) is 4. The third kappa shape index (κ3) is 3.93. The first kappa shape index (κ1) is 22.0. The van der Waals surface area contributed by atoms with Crippen molar-refractivity contribution in [3.8, 4) is 0 Å². The molecular formula is C25H27FN2O5. The number of aliphatic hydroxyl groups excluding tert-OH is 3. The lowest BCUT2D eigenvalue weighted by atomic mass is 9.94. The number of anilines is 1. The van der Waals surface area contributed by atoms with Gasteiger partial charge in [0.1, 0.15) is 24.3 Å². The van der Waals surface area contributed by atoms with Crippen LogP contribution in [0.3, 0.4) is 0 Å². The van der Waals surface area contributed by atoms with E-state index in [0.29, 0.717) is 42.3 Å². The van der Waals surface area contributed by atoms with Crippen LogP contribution in [0.4, 0.5) is 10.1 Å². The van der Waals surface area contributed by atoms with Gasteiger partial charge < -0.3 is 25.4 Å². The molecule has 0 saturated carbocycles. The molecule has 3 aliphatic heterocycles. The number of nitrogens with one attached hydrogen (secondary N) is 1. The van der Waals surface area contributed by atoms with E-state index in [9.17, 15) is 24.5 Å². The number of carbonyl (C=O) groups excluding carboxylic acids is 1. The third-order valence-electron chi connectivity index (χ3n) is 6.89. The van der Waals surface area contributed by atoms with Crippen LogP contribution in [0.2, 0.25) is 0 Å². The van der Waals surface area contributed by atoms with E-state index in [1.165, 1.54) is 12.1 Å². The van der Waals surface area contributed by atoms with Crippen LogP contribution >= 0.6 is 0 Å². The number of fused-ring (bicyclic) bond motifs is 2. The number of likely N-dealkylation sites (tertiary alicyclic amines) is 1. The molecule has 1 fully saturated rings. The van der Waals surface area contributed by atoms with Crippen LogP contribution in [0.15, 0.2) is 36.4 Å². The molecular weight excluding hydrogens is 427 g/mol. The Balaban J connectivity index is 1.30. The molecule has 0 bridgehead atoms. The highest BCUT2D eigenvalue weighted by molar-refractivity contribution is 6.36. The average Bonchev–Trinajstić information content (AvgIpc) is 3.34. The molecule has 3 heterocycles. The third-order valence-corrected chi connectivity index (χ3v) is 6.89. The second-order valence-electron chi connectivity index (χ2n) is 9.02. The van der Waals surface area contributed by atoms with Crippen LogP contribution in [0.25, 0.3) is 11.3 Å². The summed E-state index contributed by atoms with van der Waals surface area (Å²) in [6.07, 6.45) is -1.41. The maximum absolute atomic E-state index is 13.8. The molecule has 1 saturated heterocycles. The summed E-state index contributed by atoms with van der Waals surface area (Å²) < 4.78 is 19.7. The summed E-state index contributed by atoms with van der Waals surface area (Å²) in [5, 5.41) is 32.6. The predicted octanol–water partition coefficient (Wildman–Crippen LogP) is 1.90. The molecule has 5 rings (SSSR count). The number of benzene rings is 2. The number of piperidine rings is 1. The molecule has 4 N–H and O–H groups in total. The molecule has 33 heavy (non-hydrogen) atoms. The van der Waals surface area contributed by atoms with Crippen LogP contribution in [-0.4, -0.2) is 63.6 Å². The smallest absolute Gasteiger partial charge is 0.260 e. The fourth-order valence-corrected chi connectivity index (χ4v) is 4.97. The lowest BCUT2D eigenvalue weighted by Crippen LogP contribution is -2.60. The van der Waals surface area contributed by atoms with Crippen molar-refractivity contribution in [2.24, 2.45) is 0 Å². The van der Waals surface area contributed by atoms with Crippen molar-refractivity contribution in [2.45, 2.75) is 50.7 Å². The lowest BCUT2D eigenvalue weighted by molar-refractivity contribution is -0.133. The van der Waals surface area contributed by atoms with E-state index in [0.717, 1.165) is 29.5 Å². The predicted molar refractivity (Wildman–Crippen MR) is 120 cm³/mol. The van der Waals surface area contributed by atoms with Gasteiger partial charge in [0.2, 0.25) is 0 Å². The molecule has 3 aliphatic rings. The van der Waals surface area contributed by atoms with E-state index in [2.05, 4.69) is 11.4 Å². The highest BCUT2D eigenvalue weighted by atomic mass is 19.1. The fraction of sp³-hybridized carbons (Fsp3) is 0.400. The molecule has 8 heteroatoms. The molecule has 1 amide bonds. The molecule has 0 aliphatic carbocycles. The Labute approximate surface area is 191 Å². The van der Waals surface area contributed by atoms with E-state index >= 15 is 0 Å². The molecule has 2 aromatic carbocycles. The Hall–Kier alpha value is -2.78.